The van der Waals surface area contributed by atoms with Gasteiger partial charge in [0.15, 0.2) is 0 Å². The zero-order chi connectivity index (χ0) is 12.2. The lowest BCUT2D eigenvalue weighted by molar-refractivity contribution is 0.274. The molecule has 0 N–H and O–H groups in total. The van der Waals surface area contributed by atoms with Crippen molar-refractivity contribution in [1.82, 2.24) is 9.47 Å². The van der Waals surface area contributed by atoms with Crippen LogP contribution in [0, 0.1) is 0 Å². The van der Waals surface area contributed by atoms with Crippen LogP contribution in [0.5, 0.6) is 0 Å². The average Bonchev–Trinajstić information content (AvgIpc) is 2.64. The highest BCUT2D eigenvalue weighted by molar-refractivity contribution is 5.79. The molecule has 1 fully saturated rings. The smallest absolute Gasteiger partial charge is 0.0480 e. The van der Waals surface area contributed by atoms with Crippen LogP contribution in [0.25, 0.3) is 10.9 Å². The molecule has 0 amide bonds. The fourth-order valence-corrected chi connectivity index (χ4v) is 2.94. The van der Waals surface area contributed by atoms with Crippen LogP contribution < -0.4 is 0 Å². The SMILES string of the molecule is c1ccc2c(c1)ccn2CCN1CCCCCC1. The summed E-state index contributed by atoms with van der Waals surface area (Å²) in [6, 6.07) is 10.9. The van der Waals surface area contributed by atoms with E-state index in [-0.39, 0.29) is 0 Å². The quantitative estimate of drug-likeness (QED) is 0.799. The third-order valence-corrected chi connectivity index (χ3v) is 4.04. The Kier molecular flexibility index (Phi) is 3.65. The number of aromatic nitrogens is 1. The Morgan fingerprint density at radius 1 is 0.833 bits per heavy atom. The Hall–Kier alpha value is -1.28. The third kappa shape index (κ3) is 2.59. The Morgan fingerprint density at radius 3 is 2.44 bits per heavy atom. The second-order valence-corrected chi connectivity index (χ2v) is 5.32. The molecule has 2 heterocycles. The Balaban J connectivity index is 1.65. The molecular formula is C16H22N2. The predicted molar refractivity (Wildman–Crippen MR) is 76.8 cm³/mol. The number of fused-ring (bicyclic) bond motifs is 1. The number of benzene rings is 1. The minimum absolute atomic E-state index is 1.12. The van der Waals surface area contributed by atoms with Crippen molar-refractivity contribution in [2.45, 2.75) is 32.2 Å². The van der Waals surface area contributed by atoms with Crippen LogP contribution in [0.2, 0.25) is 0 Å². The fraction of sp³-hybridized carbons (Fsp3) is 0.500. The van der Waals surface area contributed by atoms with E-state index in [2.05, 4.69) is 46.0 Å². The fourth-order valence-electron chi connectivity index (χ4n) is 2.94. The maximum Gasteiger partial charge on any atom is 0.0480 e. The highest BCUT2D eigenvalue weighted by Crippen LogP contribution is 2.15. The third-order valence-electron chi connectivity index (χ3n) is 4.04. The molecule has 1 aliphatic rings. The van der Waals surface area contributed by atoms with Gasteiger partial charge in [-0.3, -0.25) is 0 Å². The van der Waals surface area contributed by atoms with Crippen molar-refractivity contribution in [3.8, 4) is 0 Å². The maximum atomic E-state index is 2.63. The first-order valence-corrected chi connectivity index (χ1v) is 7.20. The van der Waals surface area contributed by atoms with E-state index in [1.165, 1.54) is 56.2 Å². The molecule has 1 aromatic carbocycles. The molecule has 0 spiro atoms. The van der Waals surface area contributed by atoms with Crippen molar-refractivity contribution >= 4 is 10.9 Å². The van der Waals surface area contributed by atoms with E-state index in [1.54, 1.807) is 0 Å². The number of hydrogen-bond donors (Lipinski definition) is 0. The summed E-state index contributed by atoms with van der Waals surface area (Å²) < 4.78 is 2.39. The minimum atomic E-state index is 1.12. The van der Waals surface area contributed by atoms with Crippen molar-refractivity contribution in [2.75, 3.05) is 19.6 Å². The molecule has 0 bridgehead atoms. The Labute approximate surface area is 109 Å². The van der Waals surface area contributed by atoms with Crippen LogP contribution >= 0.6 is 0 Å². The van der Waals surface area contributed by atoms with Gasteiger partial charge in [0, 0.05) is 24.8 Å². The summed E-state index contributed by atoms with van der Waals surface area (Å²) in [6.07, 6.45) is 7.83. The van der Waals surface area contributed by atoms with Gasteiger partial charge in [0.1, 0.15) is 0 Å². The van der Waals surface area contributed by atoms with Gasteiger partial charge in [0.05, 0.1) is 0 Å². The van der Waals surface area contributed by atoms with E-state index in [1.807, 2.05) is 0 Å². The number of nitrogens with zero attached hydrogens (tertiary/aromatic N) is 2. The molecule has 0 radical (unpaired) electrons. The molecule has 1 saturated heterocycles. The lowest BCUT2D eigenvalue weighted by Crippen LogP contribution is -2.28. The molecule has 0 unspecified atom stereocenters. The van der Waals surface area contributed by atoms with Gasteiger partial charge in [0.2, 0.25) is 0 Å². The molecule has 2 aromatic rings. The number of para-hydroxylation sites is 1. The van der Waals surface area contributed by atoms with Crippen molar-refractivity contribution in [3.05, 3.63) is 36.5 Å². The molecule has 0 saturated carbocycles. The van der Waals surface area contributed by atoms with Gasteiger partial charge < -0.3 is 9.47 Å². The lowest BCUT2D eigenvalue weighted by atomic mass is 10.2. The minimum Gasteiger partial charge on any atom is -0.346 e. The van der Waals surface area contributed by atoms with Crippen molar-refractivity contribution < 1.29 is 0 Å². The molecule has 0 aliphatic carbocycles. The van der Waals surface area contributed by atoms with Crippen LogP contribution in [0.3, 0.4) is 0 Å². The Bertz CT molecular complexity index is 493. The van der Waals surface area contributed by atoms with Crippen LogP contribution in [0.4, 0.5) is 0 Å². The number of likely N-dealkylation sites (tertiary alicyclic amines) is 1. The zero-order valence-corrected chi connectivity index (χ0v) is 11.0. The molecule has 2 heteroatoms. The second kappa shape index (κ2) is 5.57. The van der Waals surface area contributed by atoms with Crippen LogP contribution in [0.1, 0.15) is 25.7 Å². The van der Waals surface area contributed by atoms with E-state index in [0.717, 1.165) is 6.54 Å². The lowest BCUT2D eigenvalue weighted by Gasteiger charge is -2.20. The molecule has 96 valence electrons. The van der Waals surface area contributed by atoms with E-state index < -0.39 is 0 Å². The van der Waals surface area contributed by atoms with E-state index in [0.29, 0.717) is 0 Å². The van der Waals surface area contributed by atoms with Crippen molar-refractivity contribution in [2.24, 2.45) is 0 Å². The number of rotatable bonds is 3. The topological polar surface area (TPSA) is 8.17 Å². The highest BCUT2D eigenvalue weighted by Gasteiger charge is 2.09. The number of hydrogen-bond acceptors (Lipinski definition) is 1. The summed E-state index contributed by atoms with van der Waals surface area (Å²) in [6.45, 7) is 4.89. The highest BCUT2D eigenvalue weighted by atomic mass is 15.1. The normalized spacial score (nSPS) is 18.0. The van der Waals surface area contributed by atoms with Crippen LogP contribution in [-0.4, -0.2) is 29.1 Å². The molecule has 0 atom stereocenters. The van der Waals surface area contributed by atoms with Gasteiger partial charge in [-0.25, -0.2) is 0 Å². The van der Waals surface area contributed by atoms with Gasteiger partial charge in [-0.15, -0.1) is 0 Å². The Morgan fingerprint density at radius 2 is 1.61 bits per heavy atom. The van der Waals surface area contributed by atoms with Crippen molar-refractivity contribution in [1.29, 1.82) is 0 Å². The van der Waals surface area contributed by atoms with Gasteiger partial charge >= 0.3 is 0 Å². The van der Waals surface area contributed by atoms with E-state index >= 15 is 0 Å². The van der Waals surface area contributed by atoms with Gasteiger partial charge in [-0.05, 0) is 43.5 Å². The largest absolute Gasteiger partial charge is 0.346 e. The van der Waals surface area contributed by atoms with Gasteiger partial charge in [0.25, 0.3) is 0 Å². The summed E-state index contributed by atoms with van der Waals surface area (Å²) in [5.41, 5.74) is 1.37. The molecule has 1 aromatic heterocycles. The first kappa shape index (κ1) is 11.8. The molecule has 1 aliphatic heterocycles. The molecule has 3 rings (SSSR count). The van der Waals surface area contributed by atoms with Crippen LogP contribution in [0.15, 0.2) is 36.5 Å². The first-order valence-electron chi connectivity index (χ1n) is 7.20. The van der Waals surface area contributed by atoms with Gasteiger partial charge in [-0.2, -0.15) is 0 Å². The average molecular weight is 242 g/mol. The maximum absolute atomic E-state index is 2.63. The molecule has 2 nitrogen and oxygen atoms in total. The van der Waals surface area contributed by atoms with Crippen LogP contribution in [-0.2, 0) is 6.54 Å². The van der Waals surface area contributed by atoms with Crippen molar-refractivity contribution in [3.63, 3.8) is 0 Å². The molecule has 18 heavy (non-hydrogen) atoms. The summed E-state index contributed by atoms with van der Waals surface area (Å²) in [5.74, 6) is 0. The monoisotopic (exact) mass is 242 g/mol. The van der Waals surface area contributed by atoms with Gasteiger partial charge in [-0.1, -0.05) is 31.0 Å². The molecular weight excluding hydrogens is 220 g/mol. The second-order valence-electron chi connectivity index (χ2n) is 5.32. The summed E-state index contributed by atoms with van der Waals surface area (Å²) in [7, 11) is 0. The van der Waals surface area contributed by atoms with E-state index in [9.17, 15) is 0 Å². The standard InChI is InChI=1S/C16H22N2/c1-2-6-11-17(10-5-1)13-14-18-12-9-15-7-3-4-8-16(15)18/h3-4,7-9,12H,1-2,5-6,10-11,13-14H2. The summed E-state index contributed by atoms with van der Waals surface area (Å²) in [5, 5.41) is 1.35. The summed E-state index contributed by atoms with van der Waals surface area (Å²) in [4.78, 5) is 2.63. The van der Waals surface area contributed by atoms with E-state index in [4.69, 9.17) is 0 Å². The first-order chi connectivity index (χ1) is 8.93. The predicted octanol–water partition coefficient (Wildman–Crippen LogP) is 3.52. The summed E-state index contributed by atoms with van der Waals surface area (Å²) >= 11 is 0. The zero-order valence-electron chi connectivity index (χ0n) is 11.0.